The van der Waals surface area contributed by atoms with Crippen LogP contribution in [0.1, 0.15) is 21.7 Å². The van der Waals surface area contributed by atoms with E-state index in [4.69, 9.17) is 0 Å². The van der Waals surface area contributed by atoms with E-state index < -0.39 is 0 Å². The van der Waals surface area contributed by atoms with Crippen LogP contribution < -0.4 is 5.32 Å². The van der Waals surface area contributed by atoms with Gasteiger partial charge in [-0.05, 0) is 38.1 Å². The quantitative estimate of drug-likeness (QED) is 0.806. The van der Waals surface area contributed by atoms with Gasteiger partial charge in [0.1, 0.15) is 5.82 Å². The van der Waals surface area contributed by atoms with Crippen molar-refractivity contribution in [3.63, 3.8) is 0 Å². The van der Waals surface area contributed by atoms with Gasteiger partial charge in [-0.25, -0.2) is 9.97 Å². The molecule has 5 heteroatoms. The predicted molar refractivity (Wildman–Crippen MR) is 85.2 cm³/mol. The molecule has 0 fully saturated rings. The molecule has 5 nitrogen and oxygen atoms in total. The number of pyridine rings is 1. The molecular weight excluding hydrogens is 276 g/mol. The van der Waals surface area contributed by atoms with Crippen molar-refractivity contribution >= 4 is 11.6 Å². The van der Waals surface area contributed by atoms with E-state index in [2.05, 4.69) is 15.3 Å². The van der Waals surface area contributed by atoms with E-state index in [1.165, 1.54) is 0 Å². The van der Waals surface area contributed by atoms with Crippen LogP contribution in [-0.2, 0) is 0 Å². The highest BCUT2D eigenvalue weighted by Crippen LogP contribution is 2.19. The van der Waals surface area contributed by atoms with E-state index in [0.29, 0.717) is 17.1 Å². The monoisotopic (exact) mass is 292 g/mol. The molecule has 0 aliphatic rings. The van der Waals surface area contributed by atoms with E-state index in [0.717, 1.165) is 11.4 Å². The van der Waals surface area contributed by atoms with E-state index in [1.807, 2.05) is 48.9 Å². The van der Waals surface area contributed by atoms with Crippen molar-refractivity contribution in [2.24, 2.45) is 0 Å². The Balaban J connectivity index is 1.93. The number of benzene rings is 1. The Kier molecular flexibility index (Phi) is 3.70. The Labute approximate surface area is 128 Å². The first kappa shape index (κ1) is 14.0. The molecule has 0 spiro atoms. The lowest BCUT2D eigenvalue weighted by molar-refractivity contribution is 0.102. The molecule has 0 saturated carbocycles. The van der Waals surface area contributed by atoms with Gasteiger partial charge in [0.2, 0.25) is 0 Å². The summed E-state index contributed by atoms with van der Waals surface area (Å²) in [6.45, 7) is 3.85. The Morgan fingerprint density at radius 1 is 1.09 bits per heavy atom. The summed E-state index contributed by atoms with van der Waals surface area (Å²) >= 11 is 0. The number of nitrogens with one attached hydrogen (secondary N) is 1. The van der Waals surface area contributed by atoms with Gasteiger partial charge < -0.3 is 5.32 Å². The number of aromatic nitrogens is 3. The van der Waals surface area contributed by atoms with Crippen molar-refractivity contribution in [1.29, 1.82) is 0 Å². The van der Waals surface area contributed by atoms with E-state index in [1.54, 1.807) is 24.5 Å². The number of imidazole rings is 1. The highest BCUT2D eigenvalue weighted by molar-refractivity contribution is 6.05. The molecular formula is C17H16N4O. The number of carbonyl (C=O) groups is 1. The molecule has 2 aromatic heterocycles. The fourth-order valence-corrected chi connectivity index (χ4v) is 2.27. The number of carbonyl (C=O) groups excluding carboxylic acids is 1. The third-order valence-corrected chi connectivity index (χ3v) is 3.37. The Morgan fingerprint density at radius 3 is 2.68 bits per heavy atom. The lowest BCUT2D eigenvalue weighted by Gasteiger charge is -2.12. The topological polar surface area (TPSA) is 59.8 Å². The molecule has 0 unspecified atom stereocenters. The number of nitrogens with zero attached hydrogens (tertiary/aromatic N) is 3. The van der Waals surface area contributed by atoms with Crippen molar-refractivity contribution in [2.75, 3.05) is 5.32 Å². The summed E-state index contributed by atoms with van der Waals surface area (Å²) in [5.41, 5.74) is 2.32. The third kappa shape index (κ3) is 2.74. The van der Waals surface area contributed by atoms with E-state index in [-0.39, 0.29) is 5.91 Å². The molecule has 1 amide bonds. The minimum absolute atomic E-state index is 0.157. The zero-order valence-electron chi connectivity index (χ0n) is 12.4. The summed E-state index contributed by atoms with van der Waals surface area (Å²) in [4.78, 5) is 21.0. The zero-order valence-corrected chi connectivity index (χ0v) is 12.4. The Hall–Kier alpha value is -2.95. The predicted octanol–water partition coefficient (Wildman–Crippen LogP) is 3.14. The number of anilines is 1. The maximum Gasteiger partial charge on any atom is 0.255 e. The summed E-state index contributed by atoms with van der Waals surface area (Å²) in [6.07, 6.45) is 5.22. The minimum Gasteiger partial charge on any atom is -0.319 e. The summed E-state index contributed by atoms with van der Waals surface area (Å²) < 4.78 is 1.84. The smallest absolute Gasteiger partial charge is 0.255 e. The molecule has 0 aliphatic heterocycles. The molecule has 0 atom stereocenters. The first-order chi connectivity index (χ1) is 10.6. The molecule has 1 aromatic carbocycles. The summed E-state index contributed by atoms with van der Waals surface area (Å²) in [5, 5.41) is 2.92. The average Bonchev–Trinajstić information content (AvgIpc) is 2.94. The van der Waals surface area contributed by atoms with Crippen molar-refractivity contribution < 1.29 is 4.79 Å². The maximum absolute atomic E-state index is 12.4. The van der Waals surface area contributed by atoms with Crippen LogP contribution >= 0.6 is 0 Å². The van der Waals surface area contributed by atoms with Gasteiger partial charge >= 0.3 is 0 Å². The van der Waals surface area contributed by atoms with Gasteiger partial charge in [-0.1, -0.05) is 17.7 Å². The van der Waals surface area contributed by atoms with Crippen LogP contribution in [0.15, 0.2) is 55.0 Å². The zero-order chi connectivity index (χ0) is 15.5. The molecule has 3 aromatic rings. The van der Waals surface area contributed by atoms with Crippen LogP contribution in [0.5, 0.6) is 0 Å². The Morgan fingerprint density at radius 2 is 1.95 bits per heavy atom. The standard InChI is InChI=1S/C17H16N4O/c1-12-5-3-6-14(11-12)17(22)20-15-7-4-8-19-16(15)21-10-9-18-13(21)2/h3-11H,1-2H3,(H,20,22). The lowest BCUT2D eigenvalue weighted by atomic mass is 10.1. The van der Waals surface area contributed by atoms with Crippen LogP contribution in [0, 0.1) is 13.8 Å². The van der Waals surface area contributed by atoms with Crippen molar-refractivity contribution in [2.45, 2.75) is 13.8 Å². The van der Waals surface area contributed by atoms with Crippen LogP contribution in [0.2, 0.25) is 0 Å². The molecule has 1 N–H and O–H groups in total. The first-order valence-corrected chi connectivity index (χ1v) is 6.98. The fourth-order valence-electron chi connectivity index (χ4n) is 2.27. The molecule has 0 bridgehead atoms. The molecule has 0 aliphatic carbocycles. The van der Waals surface area contributed by atoms with Gasteiger partial charge in [0.25, 0.3) is 5.91 Å². The second-order valence-electron chi connectivity index (χ2n) is 5.04. The normalized spacial score (nSPS) is 10.5. The molecule has 3 rings (SSSR count). The van der Waals surface area contributed by atoms with Crippen molar-refractivity contribution in [1.82, 2.24) is 14.5 Å². The highest BCUT2D eigenvalue weighted by atomic mass is 16.1. The summed E-state index contributed by atoms with van der Waals surface area (Å²) in [6, 6.07) is 11.1. The average molecular weight is 292 g/mol. The molecule has 2 heterocycles. The molecule has 110 valence electrons. The highest BCUT2D eigenvalue weighted by Gasteiger charge is 2.12. The van der Waals surface area contributed by atoms with Crippen LogP contribution in [0.3, 0.4) is 0 Å². The van der Waals surface area contributed by atoms with Crippen molar-refractivity contribution in [3.8, 4) is 5.82 Å². The van der Waals surface area contributed by atoms with Crippen LogP contribution in [-0.4, -0.2) is 20.4 Å². The minimum atomic E-state index is -0.157. The number of hydrogen-bond donors (Lipinski definition) is 1. The summed E-state index contributed by atoms with van der Waals surface area (Å²) in [7, 11) is 0. The first-order valence-electron chi connectivity index (χ1n) is 6.98. The number of hydrogen-bond acceptors (Lipinski definition) is 3. The second kappa shape index (κ2) is 5.81. The largest absolute Gasteiger partial charge is 0.319 e. The molecule has 0 saturated heterocycles. The van der Waals surface area contributed by atoms with Gasteiger partial charge in [0, 0.05) is 24.2 Å². The van der Waals surface area contributed by atoms with E-state index >= 15 is 0 Å². The maximum atomic E-state index is 12.4. The van der Waals surface area contributed by atoms with Gasteiger partial charge in [-0.3, -0.25) is 9.36 Å². The lowest BCUT2D eigenvalue weighted by Crippen LogP contribution is -2.14. The Bertz CT molecular complexity index is 823. The SMILES string of the molecule is Cc1cccc(C(=O)Nc2cccnc2-n2ccnc2C)c1. The van der Waals surface area contributed by atoms with Crippen LogP contribution in [0.25, 0.3) is 5.82 Å². The van der Waals surface area contributed by atoms with Crippen molar-refractivity contribution in [3.05, 3.63) is 71.9 Å². The summed E-state index contributed by atoms with van der Waals surface area (Å²) in [5.74, 6) is 1.30. The van der Waals surface area contributed by atoms with Gasteiger partial charge in [-0.15, -0.1) is 0 Å². The number of rotatable bonds is 3. The third-order valence-electron chi connectivity index (χ3n) is 3.37. The fraction of sp³-hybridized carbons (Fsp3) is 0.118. The van der Waals surface area contributed by atoms with Gasteiger partial charge in [0.05, 0.1) is 5.69 Å². The van der Waals surface area contributed by atoms with Crippen LogP contribution in [0.4, 0.5) is 5.69 Å². The molecule has 0 radical (unpaired) electrons. The number of amides is 1. The number of aryl methyl sites for hydroxylation is 2. The van der Waals surface area contributed by atoms with E-state index in [9.17, 15) is 4.79 Å². The molecule has 22 heavy (non-hydrogen) atoms. The van der Waals surface area contributed by atoms with Gasteiger partial charge in [0.15, 0.2) is 5.82 Å². The van der Waals surface area contributed by atoms with Gasteiger partial charge in [-0.2, -0.15) is 0 Å². The second-order valence-corrected chi connectivity index (χ2v) is 5.04.